The highest BCUT2D eigenvalue weighted by atomic mass is 16.5. The number of hydrogen-bond donors (Lipinski definition) is 1. The zero-order chi connectivity index (χ0) is 13.9. The van der Waals surface area contributed by atoms with Crippen molar-refractivity contribution < 1.29 is 4.74 Å². The minimum absolute atomic E-state index is 0.809. The van der Waals surface area contributed by atoms with Crippen LogP contribution in [0.15, 0.2) is 6.20 Å². The summed E-state index contributed by atoms with van der Waals surface area (Å²) in [7, 11) is 1.76. The maximum Gasteiger partial charge on any atom is 0.203 e. The highest BCUT2D eigenvalue weighted by Crippen LogP contribution is 2.48. The van der Waals surface area contributed by atoms with Crippen LogP contribution in [0.5, 0.6) is 0 Å². The molecule has 0 saturated heterocycles. The van der Waals surface area contributed by atoms with E-state index >= 15 is 0 Å². The number of hydrogen-bond acceptors (Lipinski definition) is 3. The lowest BCUT2D eigenvalue weighted by Crippen LogP contribution is -2.21. The summed E-state index contributed by atoms with van der Waals surface area (Å²) in [5, 5.41) is 3.60. The second kappa shape index (κ2) is 6.17. The van der Waals surface area contributed by atoms with Crippen molar-refractivity contribution in [2.24, 2.45) is 17.8 Å². The van der Waals surface area contributed by atoms with Crippen LogP contribution in [0.4, 0.5) is 5.95 Å². The quantitative estimate of drug-likeness (QED) is 0.779. The first-order valence-corrected chi connectivity index (χ1v) is 8.03. The van der Waals surface area contributed by atoms with E-state index in [0.29, 0.717) is 0 Å². The van der Waals surface area contributed by atoms with Gasteiger partial charge in [-0.3, -0.25) is 0 Å². The Labute approximate surface area is 121 Å². The molecule has 3 unspecified atom stereocenters. The van der Waals surface area contributed by atoms with Crippen molar-refractivity contribution >= 4 is 5.95 Å². The molecule has 4 heteroatoms. The van der Waals surface area contributed by atoms with E-state index in [1.165, 1.54) is 25.7 Å². The minimum atomic E-state index is 0.809. The average molecular weight is 277 g/mol. The normalized spacial score (nSPS) is 28.2. The topological polar surface area (TPSA) is 39.1 Å². The number of rotatable bonds is 7. The highest BCUT2D eigenvalue weighted by molar-refractivity contribution is 5.29. The summed E-state index contributed by atoms with van der Waals surface area (Å²) in [5.41, 5.74) is 1.10. The summed E-state index contributed by atoms with van der Waals surface area (Å²) in [5.74, 6) is 3.92. The largest absolute Gasteiger partial charge is 0.385 e. The molecule has 0 amide bonds. The van der Waals surface area contributed by atoms with E-state index in [4.69, 9.17) is 4.74 Å². The number of nitrogens with zero attached hydrogens (tertiary/aromatic N) is 2. The summed E-state index contributed by atoms with van der Waals surface area (Å²) in [6, 6.07) is 0. The van der Waals surface area contributed by atoms with Crippen LogP contribution in [-0.4, -0.2) is 29.8 Å². The van der Waals surface area contributed by atoms with Gasteiger partial charge in [-0.2, -0.15) is 0 Å². The first-order chi connectivity index (χ1) is 9.76. The van der Waals surface area contributed by atoms with E-state index in [2.05, 4.69) is 28.0 Å². The molecule has 3 rings (SSSR count). The SMILES string of the molecule is COCCCn1cc(C)nc1NCC1CC2CCC1C2. The Bertz CT molecular complexity index is 443. The van der Waals surface area contributed by atoms with Gasteiger partial charge in [-0.15, -0.1) is 0 Å². The molecular weight excluding hydrogens is 250 g/mol. The van der Waals surface area contributed by atoms with Crippen LogP contribution in [0.2, 0.25) is 0 Å². The first-order valence-electron chi connectivity index (χ1n) is 8.03. The number of ether oxygens (including phenoxy) is 1. The van der Waals surface area contributed by atoms with Gasteiger partial charge in [-0.05, 0) is 50.4 Å². The number of methoxy groups -OCH3 is 1. The molecule has 0 radical (unpaired) electrons. The molecule has 2 saturated carbocycles. The Kier molecular flexibility index (Phi) is 4.29. The van der Waals surface area contributed by atoms with Gasteiger partial charge in [-0.1, -0.05) is 6.42 Å². The standard InChI is InChI=1S/C16H27N3O/c1-12-11-19(6-3-7-20-2)16(18-12)17-10-15-9-13-4-5-14(15)8-13/h11,13-15H,3-10H2,1-2H3,(H,17,18). The lowest BCUT2D eigenvalue weighted by atomic mass is 9.89. The molecule has 0 aliphatic heterocycles. The van der Waals surface area contributed by atoms with E-state index in [9.17, 15) is 0 Å². The second-order valence-electron chi connectivity index (χ2n) is 6.56. The predicted molar refractivity (Wildman–Crippen MR) is 80.9 cm³/mol. The fourth-order valence-electron chi connectivity index (χ4n) is 4.09. The van der Waals surface area contributed by atoms with Gasteiger partial charge in [0.05, 0.1) is 5.69 Å². The third kappa shape index (κ3) is 3.00. The molecule has 3 atom stereocenters. The molecule has 2 fully saturated rings. The van der Waals surface area contributed by atoms with Crippen LogP contribution in [0.3, 0.4) is 0 Å². The molecular formula is C16H27N3O. The zero-order valence-electron chi connectivity index (χ0n) is 12.8. The Hall–Kier alpha value is -1.03. The van der Waals surface area contributed by atoms with E-state index in [0.717, 1.165) is 55.5 Å². The molecule has 1 aromatic rings. The monoisotopic (exact) mass is 277 g/mol. The van der Waals surface area contributed by atoms with Crippen molar-refractivity contribution in [3.8, 4) is 0 Å². The number of aromatic nitrogens is 2. The summed E-state index contributed by atoms with van der Waals surface area (Å²) in [4.78, 5) is 4.62. The van der Waals surface area contributed by atoms with E-state index < -0.39 is 0 Å². The van der Waals surface area contributed by atoms with Gasteiger partial charge >= 0.3 is 0 Å². The van der Waals surface area contributed by atoms with Crippen molar-refractivity contribution in [2.75, 3.05) is 25.6 Å². The highest BCUT2D eigenvalue weighted by Gasteiger charge is 2.39. The van der Waals surface area contributed by atoms with Crippen LogP contribution in [0, 0.1) is 24.7 Å². The smallest absolute Gasteiger partial charge is 0.203 e. The predicted octanol–water partition coefficient (Wildman–Crippen LogP) is 3.08. The van der Waals surface area contributed by atoms with Gasteiger partial charge in [0.25, 0.3) is 0 Å². The Morgan fingerprint density at radius 2 is 2.30 bits per heavy atom. The molecule has 20 heavy (non-hydrogen) atoms. The van der Waals surface area contributed by atoms with Gasteiger partial charge in [0.2, 0.25) is 5.95 Å². The van der Waals surface area contributed by atoms with Gasteiger partial charge in [0.15, 0.2) is 0 Å². The van der Waals surface area contributed by atoms with Crippen molar-refractivity contribution in [1.82, 2.24) is 9.55 Å². The Balaban J connectivity index is 1.54. The first kappa shape index (κ1) is 13.9. The van der Waals surface area contributed by atoms with Crippen molar-refractivity contribution in [3.05, 3.63) is 11.9 Å². The van der Waals surface area contributed by atoms with Crippen LogP contribution < -0.4 is 5.32 Å². The van der Waals surface area contributed by atoms with Gasteiger partial charge < -0.3 is 14.6 Å². The summed E-state index contributed by atoms with van der Waals surface area (Å²) in [6.45, 7) is 4.95. The number of fused-ring (bicyclic) bond motifs is 2. The molecule has 2 bridgehead atoms. The number of nitrogens with one attached hydrogen (secondary N) is 1. The molecule has 1 heterocycles. The second-order valence-corrected chi connectivity index (χ2v) is 6.56. The lowest BCUT2D eigenvalue weighted by Gasteiger charge is -2.22. The van der Waals surface area contributed by atoms with Gasteiger partial charge in [-0.25, -0.2) is 4.98 Å². The fourth-order valence-corrected chi connectivity index (χ4v) is 4.09. The van der Waals surface area contributed by atoms with Gasteiger partial charge in [0.1, 0.15) is 0 Å². The number of anilines is 1. The van der Waals surface area contributed by atoms with Crippen LogP contribution in [0.25, 0.3) is 0 Å². The summed E-state index contributed by atoms with van der Waals surface area (Å²) in [6.07, 6.45) is 9.02. The summed E-state index contributed by atoms with van der Waals surface area (Å²) < 4.78 is 7.37. The molecule has 2 aliphatic carbocycles. The number of imidazole rings is 1. The molecule has 2 aliphatic rings. The maximum atomic E-state index is 5.13. The van der Waals surface area contributed by atoms with Crippen LogP contribution in [0.1, 0.15) is 37.8 Å². The zero-order valence-corrected chi connectivity index (χ0v) is 12.8. The molecule has 0 spiro atoms. The fraction of sp³-hybridized carbons (Fsp3) is 0.812. The average Bonchev–Trinajstić information content (AvgIpc) is 3.12. The Morgan fingerprint density at radius 3 is 3.00 bits per heavy atom. The molecule has 1 aromatic heterocycles. The maximum absolute atomic E-state index is 5.13. The summed E-state index contributed by atoms with van der Waals surface area (Å²) >= 11 is 0. The third-order valence-corrected chi connectivity index (χ3v) is 5.05. The van der Waals surface area contributed by atoms with E-state index in [-0.39, 0.29) is 0 Å². The van der Waals surface area contributed by atoms with E-state index in [1.54, 1.807) is 7.11 Å². The molecule has 0 aromatic carbocycles. The van der Waals surface area contributed by atoms with Crippen molar-refractivity contribution in [3.63, 3.8) is 0 Å². The Morgan fingerprint density at radius 1 is 1.40 bits per heavy atom. The van der Waals surface area contributed by atoms with E-state index in [1.807, 2.05) is 0 Å². The van der Waals surface area contributed by atoms with Crippen molar-refractivity contribution in [2.45, 2.75) is 45.6 Å². The third-order valence-electron chi connectivity index (χ3n) is 5.05. The van der Waals surface area contributed by atoms with Crippen molar-refractivity contribution in [1.29, 1.82) is 0 Å². The van der Waals surface area contributed by atoms with Gasteiger partial charge in [0, 0.05) is 33.0 Å². The van der Waals surface area contributed by atoms with Crippen LogP contribution in [-0.2, 0) is 11.3 Å². The lowest BCUT2D eigenvalue weighted by molar-refractivity contribution is 0.190. The minimum Gasteiger partial charge on any atom is -0.385 e. The molecule has 112 valence electrons. The van der Waals surface area contributed by atoms with Crippen LogP contribution >= 0.6 is 0 Å². The molecule has 4 nitrogen and oxygen atoms in total. The number of aryl methyl sites for hydroxylation is 2. The molecule has 1 N–H and O–H groups in total.